The van der Waals surface area contributed by atoms with Crippen molar-refractivity contribution in [2.24, 2.45) is 0 Å². The van der Waals surface area contributed by atoms with Gasteiger partial charge in [-0.05, 0) is 30.9 Å². The SMILES string of the molecule is CCOCCCC(=O)N1CCNCC1c1ccc(CC)cc1. The Kier molecular flexibility index (Phi) is 6.87. The molecular formula is C18H28N2O2. The molecule has 0 saturated carbocycles. The summed E-state index contributed by atoms with van der Waals surface area (Å²) in [5, 5.41) is 3.40. The first-order valence-electron chi connectivity index (χ1n) is 8.43. The monoisotopic (exact) mass is 304 g/mol. The standard InChI is InChI=1S/C18H28N2O2/c1-3-15-7-9-16(10-8-15)17-14-19-11-12-20(17)18(21)6-5-13-22-4-2/h7-10,17,19H,3-6,11-14H2,1-2H3. The lowest BCUT2D eigenvalue weighted by Crippen LogP contribution is -2.48. The van der Waals surface area contributed by atoms with Crippen molar-refractivity contribution in [3.8, 4) is 0 Å². The number of amides is 1. The Hall–Kier alpha value is -1.39. The van der Waals surface area contributed by atoms with Crippen LogP contribution in [0, 0.1) is 0 Å². The summed E-state index contributed by atoms with van der Waals surface area (Å²) < 4.78 is 5.33. The van der Waals surface area contributed by atoms with Gasteiger partial charge in [0.25, 0.3) is 0 Å². The Bertz CT molecular complexity index is 459. The highest BCUT2D eigenvalue weighted by atomic mass is 16.5. The molecule has 1 aliphatic rings. The van der Waals surface area contributed by atoms with E-state index in [0.29, 0.717) is 19.6 Å². The minimum atomic E-state index is 0.152. The summed E-state index contributed by atoms with van der Waals surface area (Å²) in [6, 6.07) is 8.82. The van der Waals surface area contributed by atoms with Crippen LogP contribution in [0.25, 0.3) is 0 Å². The lowest BCUT2D eigenvalue weighted by Gasteiger charge is -2.36. The molecule has 4 nitrogen and oxygen atoms in total. The molecule has 4 heteroatoms. The summed E-state index contributed by atoms with van der Waals surface area (Å²) in [5.41, 5.74) is 2.56. The minimum Gasteiger partial charge on any atom is -0.382 e. The van der Waals surface area contributed by atoms with Crippen molar-refractivity contribution in [1.82, 2.24) is 10.2 Å². The van der Waals surface area contributed by atoms with Crippen LogP contribution >= 0.6 is 0 Å². The van der Waals surface area contributed by atoms with Gasteiger partial charge in [0, 0.05) is 39.3 Å². The van der Waals surface area contributed by atoms with Crippen LogP contribution in [0.15, 0.2) is 24.3 Å². The number of rotatable bonds is 7. The van der Waals surface area contributed by atoms with Gasteiger partial charge in [0.05, 0.1) is 6.04 Å². The average molecular weight is 304 g/mol. The molecule has 0 aliphatic carbocycles. The Balaban J connectivity index is 1.99. The number of nitrogens with zero attached hydrogens (tertiary/aromatic N) is 1. The van der Waals surface area contributed by atoms with Crippen LogP contribution in [-0.2, 0) is 16.0 Å². The number of ether oxygens (including phenoxy) is 1. The molecule has 2 rings (SSSR count). The van der Waals surface area contributed by atoms with Crippen LogP contribution in [0.2, 0.25) is 0 Å². The van der Waals surface area contributed by atoms with E-state index in [2.05, 4.69) is 36.5 Å². The molecule has 1 fully saturated rings. The van der Waals surface area contributed by atoms with Crippen LogP contribution < -0.4 is 5.32 Å². The van der Waals surface area contributed by atoms with E-state index in [4.69, 9.17) is 4.74 Å². The van der Waals surface area contributed by atoms with Gasteiger partial charge in [-0.15, -0.1) is 0 Å². The second-order valence-electron chi connectivity index (χ2n) is 5.70. The Labute approximate surface area is 133 Å². The molecular weight excluding hydrogens is 276 g/mol. The van der Waals surface area contributed by atoms with Crippen LogP contribution in [0.3, 0.4) is 0 Å². The molecule has 1 saturated heterocycles. The topological polar surface area (TPSA) is 41.6 Å². The van der Waals surface area contributed by atoms with E-state index in [9.17, 15) is 4.79 Å². The fourth-order valence-corrected chi connectivity index (χ4v) is 2.89. The number of nitrogens with one attached hydrogen (secondary N) is 1. The van der Waals surface area contributed by atoms with Gasteiger partial charge < -0.3 is 15.0 Å². The first-order chi connectivity index (χ1) is 10.8. The third-order valence-corrected chi connectivity index (χ3v) is 4.22. The fourth-order valence-electron chi connectivity index (χ4n) is 2.89. The maximum atomic E-state index is 12.5. The van der Waals surface area contributed by atoms with Crippen LogP contribution in [-0.4, -0.2) is 43.7 Å². The first-order valence-corrected chi connectivity index (χ1v) is 8.43. The van der Waals surface area contributed by atoms with E-state index in [1.807, 2.05) is 11.8 Å². The van der Waals surface area contributed by atoms with Crippen molar-refractivity contribution in [2.75, 3.05) is 32.8 Å². The van der Waals surface area contributed by atoms with Crippen LogP contribution in [0.1, 0.15) is 43.9 Å². The third kappa shape index (κ3) is 4.55. The molecule has 22 heavy (non-hydrogen) atoms. The van der Waals surface area contributed by atoms with Gasteiger partial charge in [-0.3, -0.25) is 4.79 Å². The summed E-state index contributed by atoms with van der Waals surface area (Å²) in [6.45, 7) is 8.02. The molecule has 1 aromatic carbocycles. The number of aryl methyl sites for hydroxylation is 1. The van der Waals surface area contributed by atoms with E-state index in [0.717, 1.165) is 32.5 Å². The number of hydrogen-bond acceptors (Lipinski definition) is 3. The molecule has 0 aromatic heterocycles. The quantitative estimate of drug-likeness (QED) is 0.787. The van der Waals surface area contributed by atoms with Gasteiger partial charge in [-0.25, -0.2) is 0 Å². The number of hydrogen-bond donors (Lipinski definition) is 1. The lowest BCUT2D eigenvalue weighted by atomic mass is 10.0. The predicted octanol–water partition coefficient (Wildman–Crippen LogP) is 2.54. The minimum absolute atomic E-state index is 0.152. The predicted molar refractivity (Wildman–Crippen MR) is 88.9 cm³/mol. The number of piperazine rings is 1. The number of carbonyl (C=O) groups excluding carboxylic acids is 1. The smallest absolute Gasteiger partial charge is 0.223 e. The van der Waals surface area contributed by atoms with Crippen LogP contribution in [0.4, 0.5) is 0 Å². The average Bonchev–Trinajstić information content (AvgIpc) is 2.58. The highest BCUT2D eigenvalue weighted by molar-refractivity contribution is 5.77. The van der Waals surface area contributed by atoms with E-state index in [1.54, 1.807) is 0 Å². The Morgan fingerprint density at radius 2 is 2.09 bits per heavy atom. The number of carbonyl (C=O) groups is 1. The zero-order valence-corrected chi connectivity index (χ0v) is 13.8. The molecule has 0 spiro atoms. The molecule has 1 heterocycles. The summed E-state index contributed by atoms with van der Waals surface area (Å²) in [4.78, 5) is 14.5. The van der Waals surface area contributed by atoms with Gasteiger partial charge in [0.1, 0.15) is 0 Å². The third-order valence-electron chi connectivity index (χ3n) is 4.22. The molecule has 1 amide bonds. The second kappa shape index (κ2) is 8.91. The second-order valence-corrected chi connectivity index (χ2v) is 5.70. The summed E-state index contributed by atoms with van der Waals surface area (Å²) in [5.74, 6) is 0.241. The molecule has 1 atom stereocenters. The van der Waals surface area contributed by atoms with Crippen molar-refractivity contribution >= 4 is 5.91 Å². The van der Waals surface area contributed by atoms with Crippen molar-refractivity contribution < 1.29 is 9.53 Å². The largest absolute Gasteiger partial charge is 0.382 e. The van der Waals surface area contributed by atoms with Crippen LogP contribution in [0.5, 0.6) is 0 Å². The molecule has 1 N–H and O–H groups in total. The fraction of sp³-hybridized carbons (Fsp3) is 0.611. The first kappa shape index (κ1) is 17.0. The van der Waals surface area contributed by atoms with E-state index in [-0.39, 0.29) is 11.9 Å². The van der Waals surface area contributed by atoms with Gasteiger partial charge in [0.15, 0.2) is 0 Å². The molecule has 1 aliphatic heterocycles. The normalized spacial score (nSPS) is 18.5. The summed E-state index contributed by atoms with van der Waals surface area (Å²) in [7, 11) is 0. The zero-order valence-electron chi connectivity index (χ0n) is 13.8. The molecule has 1 aromatic rings. The maximum Gasteiger partial charge on any atom is 0.223 e. The highest BCUT2D eigenvalue weighted by Crippen LogP contribution is 2.23. The van der Waals surface area contributed by atoms with Gasteiger partial charge in [0.2, 0.25) is 5.91 Å². The van der Waals surface area contributed by atoms with Crippen molar-refractivity contribution in [1.29, 1.82) is 0 Å². The van der Waals surface area contributed by atoms with Crippen molar-refractivity contribution in [3.05, 3.63) is 35.4 Å². The summed E-state index contributed by atoms with van der Waals surface area (Å²) in [6.07, 6.45) is 2.42. The van der Waals surface area contributed by atoms with Crippen molar-refractivity contribution in [3.63, 3.8) is 0 Å². The van der Waals surface area contributed by atoms with Crippen molar-refractivity contribution in [2.45, 2.75) is 39.2 Å². The van der Waals surface area contributed by atoms with E-state index < -0.39 is 0 Å². The maximum absolute atomic E-state index is 12.5. The Morgan fingerprint density at radius 3 is 2.77 bits per heavy atom. The zero-order chi connectivity index (χ0) is 15.8. The highest BCUT2D eigenvalue weighted by Gasteiger charge is 2.27. The molecule has 0 radical (unpaired) electrons. The number of benzene rings is 1. The molecule has 1 unspecified atom stereocenters. The van der Waals surface area contributed by atoms with Gasteiger partial charge >= 0.3 is 0 Å². The lowest BCUT2D eigenvalue weighted by molar-refractivity contribution is -0.134. The summed E-state index contributed by atoms with van der Waals surface area (Å²) >= 11 is 0. The van der Waals surface area contributed by atoms with E-state index >= 15 is 0 Å². The molecule has 0 bridgehead atoms. The van der Waals surface area contributed by atoms with Gasteiger partial charge in [-0.1, -0.05) is 31.2 Å². The Morgan fingerprint density at radius 1 is 1.32 bits per heavy atom. The van der Waals surface area contributed by atoms with E-state index in [1.165, 1.54) is 11.1 Å². The van der Waals surface area contributed by atoms with Gasteiger partial charge in [-0.2, -0.15) is 0 Å². The molecule has 122 valence electrons.